The quantitative estimate of drug-likeness (QED) is 0.903. The number of piperidine rings is 1. The number of aliphatic hydroxyl groups is 1. The van der Waals surface area contributed by atoms with Crippen LogP contribution in [0.25, 0.3) is 0 Å². The molecule has 2 nitrogen and oxygen atoms in total. The van der Waals surface area contributed by atoms with Crippen molar-refractivity contribution in [3.63, 3.8) is 0 Å². The number of halogens is 1. The lowest BCUT2D eigenvalue weighted by atomic mass is 9.93. The van der Waals surface area contributed by atoms with Crippen molar-refractivity contribution in [1.29, 1.82) is 0 Å². The minimum Gasteiger partial charge on any atom is -0.393 e. The summed E-state index contributed by atoms with van der Waals surface area (Å²) in [5, 5.41) is 10.0. The lowest BCUT2D eigenvalue weighted by Gasteiger charge is -2.38. The Bertz CT molecular complexity index is 570. The van der Waals surface area contributed by atoms with Crippen molar-refractivity contribution in [2.75, 3.05) is 6.54 Å². The summed E-state index contributed by atoms with van der Waals surface area (Å²) in [5.41, 5.74) is 2.61. The van der Waals surface area contributed by atoms with Crippen LogP contribution in [0, 0.1) is 0 Å². The van der Waals surface area contributed by atoms with Crippen molar-refractivity contribution in [1.82, 2.24) is 4.90 Å². The van der Waals surface area contributed by atoms with Crippen LogP contribution < -0.4 is 0 Å². The first-order chi connectivity index (χ1) is 10.2. The number of rotatable bonds is 3. The van der Waals surface area contributed by atoms with Crippen molar-refractivity contribution < 1.29 is 5.11 Å². The van der Waals surface area contributed by atoms with Crippen LogP contribution in [0.4, 0.5) is 0 Å². The van der Waals surface area contributed by atoms with E-state index in [1.165, 1.54) is 11.1 Å². The highest BCUT2D eigenvalue weighted by atomic mass is 79.9. The van der Waals surface area contributed by atoms with Gasteiger partial charge in [0.25, 0.3) is 0 Å². The summed E-state index contributed by atoms with van der Waals surface area (Å²) in [6.07, 6.45) is 1.49. The highest BCUT2D eigenvalue weighted by Gasteiger charge is 2.28. The van der Waals surface area contributed by atoms with Crippen LogP contribution in [0.3, 0.4) is 0 Å². The van der Waals surface area contributed by atoms with Crippen LogP contribution in [-0.4, -0.2) is 22.7 Å². The predicted octanol–water partition coefficient (Wildman–Crippen LogP) is 4.15. The van der Waals surface area contributed by atoms with Gasteiger partial charge in [-0.25, -0.2) is 0 Å². The number of hydrogen-bond acceptors (Lipinski definition) is 2. The first-order valence-electron chi connectivity index (χ1n) is 7.44. The van der Waals surface area contributed by atoms with E-state index >= 15 is 0 Å². The second-order valence-electron chi connectivity index (χ2n) is 5.70. The number of benzene rings is 2. The maximum atomic E-state index is 10.0. The molecule has 1 saturated heterocycles. The molecule has 0 aromatic heterocycles. The number of nitrogens with zero attached hydrogens (tertiary/aromatic N) is 1. The first kappa shape index (κ1) is 14.8. The van der Waals surface area contributed by atoms with E-state index < -0.39 is 0 Å². The molecule has 2 aromatic carbocycles. The lowest BCUT2D eigenvalue weighted by Crippen LogP contribution is -2.38. The van der Waals surface area contributed by atoms with Gasteiger partial charge in [-0.05, 0) is 36.1 Å². The topological polar surface area (TPSA) is 23.5 Å². The van der Waals surface area contributed by atoms with Gasteiger partial charge in [-0.15, -0.1) is 0 Å². The SMILES string of the molecule is OC1CCN(Cc2ccccc2)C(c2ccc(Br)cc2)C1. The normalized spacial score (nSPS) is 23.1. The van der Waals surface area contributed by atoms with Gasteiger partial charge in [-0.1, -0.05) is 58.4 Å². The molecule has 1 fully saturated rings. The van der Waals surface area contributed by atoms with Crippen LogP contribution >= 0.6 is 15.9 Å². The average molecular weight is 346 g/mol. The van der Waals surface area contributed by atoms with E-state index in [4.69, 9.17) is 0 Å². The van der Waals surface area contributed by atoms with Crippen LogP contribution in [0.15, 0.2) is 59.1 Å². The van der Waals surface area contributed by atoms with Gasteiger partial charge >= 0.3 is 0 Å². The molecule has 2 atom stereocenters. The first-order valence-corrected chi connectivity index (χ1v) is 8.23. The molecule has 0 saturated carbocycles. The number of aliphatic hydroxyl groups excluding tert-OH is 1. The van der Waals surface area contributed by atoms with Gasteiger partial charge in [0.2, 0.25) is 0 Å². The molecule has 0 amide bonds. The highest BCUT2D eigenvalue weighted by Crippen LogP contribution is 2.32. The number of hydrogen-bond donors (Lipinski definition) is 1. The smallest absolute Gasteiger partial charge is 0.0570 e. The Kier molecular flexibility index (Phi) is 4.73. The minimum absolute atomic E-state index is 0.189. The molecule has 1 aliphatic heterocycles. The molecule has 0 radical (unpaired) electrons. The highest BCUT2D eigenvalue weighted by molar-refractivity contribution is 9.10. The molecule has 1 heterocycles. The second-order valence-corrected chi connectivity index (χ2v) is 6.62. The Morgan fingerprint density at radius 3 is 2.48 bits per heavy atom. The Morgan fingerprint density at radius 1 is 1.05 bits per heavy atom. The number of likely N-dealkylation sites (tertiary alicyclic amines) is 1. The van der Waals surface area contributed by atoms with Gasteiger partial charge in [0.05, 0.1) is 6.10 Å². The Balaban J connectivity index is 1.81. The summed E-state index contributed by atoms with van der Waals surface area (Å²) in [6, 6.07) is 19.3. The van der Waals surface area contributed by atoms with Crippen LogP contribution in [0.5, 0.6) is 0 Å². The van der Waals surface area contributed by atoms with Crippen molar-refractivity contribution in [2.45, 2.75) is 31.5 Å². The molecule has 110 valence electrons. The Morgan fingerprint density at radius 2 is 1.76 bits per heavy atom. The average Bonchev–Trinajstić information content (AvgIpc) is 2.51. The summed E-state index contributed by atoms with van der Waals surface area (Å²) >= 11 is 3.49. The summed E-state index contributed by atoms with van der Waals surface area (Å²) in [5.74, 6) is 0. The summed E-state index contributed by atoms with van der Waals surface area (Å²) in [6.45, 7) is 1.88. The zero-order chi connectivity index (χ0) is 14.7. The van der Waals surface area contributed by atoms with Crippen molar-refractivity contribution in [2.24, 2.45) is 0 Å². The van der Waals surface area contributed by atoms with E-state index in [0.717, 1.165) is 30.4 Å². The van der Waals surface area contributed by atoms with E-state index in [-0.39, 0.29) is 6.10 Å². The van der Waals surface area contributed by atoms with Crippen molar-refractivity contribution in [3.05, 3.63) is 70.2 Å². The molecule has 1 aliphatic rings. The second kappa shape index (κ2) is 6.73. The maximum absolute atomic E-state index is 10.0. The molecule has 2 aromatic rings. The standard InChI is InChI=1S/C18H20BrNO/c19-16-8-6-15(7-9-16)18-12-17(21)10-11-20(18)13-14-4-2-1-3-5-14/h1-9,17-18,21H,10-13H2. The van der Waals surface area contributed by atoms with Gasteiger partial charge in [0.15, 0.2) is 0 Å². The van der Waals surface area contributed by atoms with E-state index in [2.05, 4.69) is 75.4 Å². The van der Waals surface area contributed by atoms with Crippen LogP contribution in [-0.2, 0) is 6.54 Å². The monoisotopic (exact) mass is 345 g/mol. The largest absolute Gasteiger partial charge is 0.393 e. The van der Waals surface area contributed by atoms with Crippen molar-refractivity contribution in [3.8, 4) is 0 Å². The van der Waals surface area contributed by atoms with Gasteiger partial charge < -0.3 is 5.11 Å². The molecule has 21 heavy (non-hydrogen) atoms. The van der Waals surface area contributed by atoms with Crippen LogP contribution in [0.1, 0.15) is 30.0 Å². The molecular formula is C18H20BrNO. The van der Waals surface area contributed by atoms with Gasteiger partial charge in [0, 0.05) is 23.6 Å². The maximum Gasteiger partial charge on any atom is 0.0570 e. The summed E-state index contributed by atoms with van der Waals surface area (Å²) < 4.78 is 1.09. The van der Waals surface area contributed by atoms with Crippen molar-refractivity contribution >= 4 is 15.9 Å². The third kappa shape index (κ3) is 3.73. The third-order valence-electron chi connectivity index (χ3n) is 4.17. The zero-order valence-corrected chi connectivity index (χ0v) is 13.5. The van der Waals surface area contributed by atoms with Crippen LogP contribution in [0.2, 0.25) is 0 Å². The Labute approximate surface area is 134 Å². The lowest BCUT2D eigenvalue weighted by molar-refractivity contribution is 0.0364. The molecule has 0 spiro atoms. The third-order valence-corrected chi connectivity index (χ3v) is 4.70. The summed E-state index contributed by atoms with van der Waals surface area (Å²) in [7, 11) is 0. The zero-order valence-electron chi connectivity index (χ0n) is 12.0. The fourth-order valence-corrected chi connectivity index (χ4v) is 3.30. The fraction of sp³-hybridized carbons (Fsp3) is 0.333. The molecular weight excluding hydrogens is 326 g/mol. The minimum atomic E-state index is -0.189. The van der Waals surface area contributed by atoms with E-state index in [1.807, 2.05) is 0 Å². The van der Waals surface area contributed by atoms with E-state index in [0.29, 0.717) is 6.04 Å². The molecule has 3 heteroatoms. The molecule has 2 unspecified atom stereocenters. The van der Waals surface area contributed by atoms with Gasteiger partial charge in [-0.3, -0.25) is 4.90 Å². The molecule has 3 rings (SSSR count). The molecule has 0 bridgehead atoms. The summed E-state index contributed by atoms with van der Waals surface area (Å²) in [4.78, 5) is 2.48. The fourth-order valence-electron chi connectivity index (χ4n) is 3.03. The Hall–Kier alpha value is -1.16. The van der Waals surface area contributed by atoms with Gasteiger partial charge in [-0.2, -0.15) is 0 Å². The van der Waals surface area contributed by atoms with E-state index in [1.54, 1.807) is 0 Å². The van der Waals surface area contributed by atoms with Gasteiger partial charge in [0.1, 0.15) is 0 Å². The predicted molar refractivity (Wildman–Crippen MR) is 89.0 cm³/mol. The van der Waals surface area contributed by atoms with E-state index in [9.17, 15) is 5.11 Å². The molecule has 1 N–H and O–H groups in total. The molecule has 0 aliphatic carbocycles.